The smallest absolute Gasteiger partial charge is 0.224 e. The fourth-order valence-electron chi connectivity index (χ4n) is 4.82. The van der Waals surface area contributed by atoms with Crippen LogP contribution in [0.1, 0.15) is 44.6 Å². The molecule has 0 aliphatic carbocycles. The van der Waals surface area contributed by atoms with E-state index in [9.17, 15) is 4.79 Å². The van der Waals surface area contributed by atoms with Gasteiger partial charge in [0.2, 0.25) is 5.91 Å². The fraction of sp³-hybridized carbons (Fsp3) is 0.500. The van der Waals surface area contributed by atoms with Crippen molar-refractivity contribution in [2.24, 2.45) is 4.99 Å². The minimum Gasteiger partial charge on any atom is -0.356 e. The first kappa shape index (κ1) is 26.9. The summed E-state index contributed by atoms with van der Waals surface area (Å²) < 4.78 is 0. The average molecular weight is 531 g/mol. The molecule has 2 saturated heterocycles. The number of likely N-dealkylation sites (tertiary alicyclic amines) is 1. The first-order chi connectivity index (χ1) is 17.5. The molecule has 2 heterocycles. The molecule has 0 bridgehead atoms. The molecule has 2 aromatic carbocycles. The number of carbonyl (C=O) groups excluding carboxylic acids is 1. The molecule has 2 fully saturated rings. The zero-order valence-corrected chi connectivity index (χ0v) is 22.6. The Hall–Kier alpha value is -2.12. The Kier molecular flexibility index (Phi) is 10.0. The van der Waals surface area contributed by atoms with Crippen LogP contribution < -0.4 is 10.6 Å². The van der Waals surface area contributed by atoms with Gasteiger partial charge in [-0.1, -0.05) is 42.6 Å². The lowest BCUT2D eigenvalue weighted by atomic mass is 10.1. The van der Waals surface area contributed by atoms with Gasteiger partial charge >= 0.3 is 0 Å². The van der Waals surface area contributed by atoms with E-state index in [-0.39, 0.29) is 5.91 Å². The lowest BCUT2D eigenvalue weighted by Gasteiger charge is -2.37. The molecule has 6 nitrogen and oxygen atoms in total. The normalized spacial score (nSPS) is 19.4. The summed E-state index contributed by atoms with van der Waals surface area (Å²) in [6.07, 6.45) is 5.90. The van der Waals surface area contributed by atoms with E-state index in [1.807, 2.05) is 30.3 Å². The number of nitrogens with zero attached hydrogens (tertiary/aromatic N) is 3. The minimum atomic E-state index is -0.0468. The molecular weight excluding hydrogens is 493 g/mol. The van der Waals surface area contributed by atoms with Crippen molar-refractivity contribution in [3.8, 4) is 0 Å². The number of aryl methyl sites for hydroxylation is 1. The maximum atomic E-state index is 12.5. The second-order valence-electron chi connectivity index (χ2n) is 9.70. The Morgan fingerprint density at radius 2 is 1.86 bits per heavy atom. The number of hydrogen-bond donors (Lipinski definition) is 2. The largest absolute Gasteiger partial charge is 0.356 e. The number of halogens is 2. The van der Waals surface area contributed by atoms with Crippen LogP contribution >= 0.6 is 23.2 Å². The summed E-state index contributed by atoms with van der Waals surface area (Å²) in [5.41, 5.74) is 2.60. The zero-order chi connectivity index (χ0) is 25.3. The average Bonchev–Trinajstić information content (AvgIpc) is 2.89. The van der Waals surface area contributed by atoms with Crippen LogP contribution in [-0.4, -0.2) is 66.9 Å². The van der Waals surface area contributed by atoms with Crippen molar-refractivity contribution in [3.05, 3.63) is 58.1 Å². The number of hydrogen-bond acceptors (Lipinski definition) is 4. The number of amidine groups is 1. The predicted molar refractivity (Wildman–Crippen MR) is 151 cm³/mol. The third-order valence-electron chi connectivity index (χ3n) is 6.97. The molecule has 2 aliphatic heterocycles. The summed E-state index contributed by atoms with van der Waals surface area (Å²) in [4.78, 5) is 22.6. The van der Waals surface area contributed by atoms with Crippen LogP contribution in [0.2, 0.25) is 10.0 Å². The minimum absolute atomic E-state index is 0.0468. The third kappa shape index (κ3) is 7.94. The molecule has 0 unspecified atom stereocenters. The van der Waals surface area contributed by atoms with Crippen LogP contribution in [0.5, 0.6) is 0 Å². The second-order valence-corrected chi connectivity index (χ2v) is 10.5. The monoisotopic (exact) mass is 529 g/mol. The molecule has 1 amide bonds. The zero-order valence-electron chi connectivity index (χ0n) is 21.1. The molecule has 2 aromatic rings. The van der Waals surface area contributed by atoms with E-state index in [1.165, 1.54) is 19.3 Å². The van der Waals surface area contributed by atoms with E-state index in [0.717, 1.165) is 68.5 Å². The molecule has 0 saturated carbocycles. The van der Waals surface area contributed by atoms with Gasteiger partial charge in [0.05, 0.1) is 12.2 Å². The van der Waals surface area contributed by atoms with Crippen molar-refractivity contribution >= 4 is 46.3 Å². The Morgan fingerprint density at radius 1 is 1.08 bits per heavy atom. The van der Waals surface area contributed by atoms with Gasteiger partial charge in [0.1, 0.15) is 5.84 Å². The van der Waals surface area contributed by atoms with Gasteiger partial charge in [-0.05, 0) is 80.7 Å². The number of amides is 1. The van der Waals surface area contributed by atoms with Crippen LogP contribution in [-0.2, 0) is 11.2 Å². The van der Waals surface area contributed by atoms with Gasteiger partial charge in [0.25, 0.3) is 0 Å². The van der Waals surface area contributed by atoms with Crippen LogP contribution in [0.3, 0.4) is 0 Å². The van der Waals surface area contributed by atoms with E-state index in [1.54, 1.807) is 12.1 Å². The number of carbonyl (C=O) groups is 1. The number of nitrogens with one attached hydrogen (secondary N) is 2. The molecule has 4 rings (SSSR count). The summed E-state index contributed by atoms with van der Waals surface area (Å²) in [6, 6.07) is 13.7. The first-order valence-electron chi connectivity index (χ1n) is 13.1. The third-order valence-corrected chi connectivity index (χ3v) is 7.56. The number of piperazine rings is 1. The van der Waals surface area contributed by atoms with Crippen molar-refractivity contribution < 1.29 is 4.79 Å². The highest BCUT2D eigenvalue weighted by Gasteiger charge is 2.23. The quantitative estimate of drug-likeness (QED) is 0.336. The molecule has 36 heavy (non-hydrogen) atoms. The topological polar surface area (TPSA) is 60.0 Å². The van der Waals surface area contributed by atoms with Crippen LogP contribution in [0.4, 0.5) is 11.4 Å². The standard InChI is InChI=1S/C28H37Cl2N5O/c1-2-23-19-35(17-14-31-23)27(20-34-15-4-3-5-16-34)32-24-9-11-25(12-10-24)33-28(36)13-7-21-6-8-22(29)18-26(21)30/h6,8-12,18,23,31H,2-5,7,13-17,19-20H2,1H3,(H,33,36)/t23-/m0/s1. The summed E-state index contributed by atoms with van der Waals surface area (Å²) in [5, 5.41) is 7.78. The molecular formula is C28H37Cl2N5O. The van der Waals surface area contributed by atoms with E-state index in [0.29, 0.717) is 28.9 Å². The highest BCUT2D eigenvalue weighted by molar-refractivity contribution is 6.35. The summed E-state index contributed by atoms with van der Waals surface area (Å²) >= 11 is 12.2. The van der Waals surface area contributed by atoms with Crippen molar-refractivity contribution in [2.75, 3.05) is 44.6 Å². The maximum Gasteiger partial charge on any atom is 0.224 e. The number of anilines is 1. The van der Waals surface area contributed by atoms with E-state index < -0.39 is 0 Å². The summed E-state index contributed by atoms with van der Waals surface area (Å²) in [7, 11) is 0. The van der Waals surface area contributed by atoms with Gasteiger partial charge in [-0.3, -0.25) is 9.69 Å². The number of rotatable bonds is 8. The molecule has 8 heteroatoms. The van der Waals surface area contributed by atoms with Crippen LogP contribution in [0, 0.1) is 0 Å². The Bertz CT molecular complexity index is 1040. The first-order valence-corrected chi connectivity index (χ1v) is 13.9. The number of benzene rings is 2. The van der Waals surface area contributed by atoms with Crippen molar-refractivity contribution in [2.45, 2.75) is 51.5 Å². The van der Waals surface area contributed by atoms with Crippen molar-refractivity contribution in [3.63, 3.8) is 0 Å². The number of piperidine rings is 1. The second kappa shape index (κ2) is 13.4. The van der Waals surface area contributed by atoms with Gasteiger partial charge in [0, 0.05) is 47.8 Å². The molecule has 2 aliphatic rings. The van der Waals surface area contributed by atoms with Gasteiger partial charge in [0.15, 0.2) is 0 Å². The molecule has 0 radical (unpaired) electrons. The SMILES string of the molecule is CC[C@H]1CN(C(CN2CCCCC2)=Nc2ccc(NC(=O)CCc3ccc(Cl)cc3Cl)cc2)CCN1. The molecule has 0 aromatic heterocycles. The molecule has 194 valence electrons. The van der Waals surface area contributed by atoms with E-state index in [4.69, 9.17) is 28.2 Å². The van der Waals surface area contributed by atoms with Gasteiger partial charge < -0.3 is 15.5 Å². The van der Waals surface area contributed by atoms with Gasteiger partial charge in [-0.25, -0.2) is 4.99 Å². The van der Waals surface area contributed by atoms with Gasteiger partial charge in [-0.15, -0.1) is 0 Å². The Labute approximate surface area is 225 Å². The summed E-state index contributed by atoms with van der Waals surface area (Å²) in [5.74, 6) is 1.10. The fourth-order valence-corrected chi connectivity index (χ4v) is 5.32. The lowest BCUT2D eigenvalue weighted by molar-refractivity contribution is -0.116. The van der Waals surface area contributed by atoms with Crippen LogP contribution in [0.15, 0.2) is 47.5 Å². The summed E-state index contributed by atoms with van der Waals surface area (Å²) in [6.45, 7) is 8.39. The highest BCUT2D eigenvalue weighted by atomic mass is 35.5. The van der Waals surface area contributed by atoms with Gasteiger partial charge in [-0.2, -0.15) is 0 Å². The van der Waals surface area contributed by atoms with E-state index in [2.05, 4.69) is 27.4 Å². The highest BCUT2D eigenvalue weighted by Crippen LogP contribution is 2.23. The molecule has 0 spiro atoms. The number of aliphatic imine (C=N–C) groups is 1. The predicted octanol–water partition coefficient (Wildman–Crippen LogP) is 5.76. The van der Waals surface area contributed by atoms with Crippen molar-refractivity contribution in [1.29, 1.82) is 0 Å². The Morgan fingerprint density at radius 3 is 2.58 bits per heavy atom. The maximum absolute atomic E-state index is 12.5. The molecule has 1 atom stereocenters. The van der Waals surface area contributed by atoms with E-state index >= 15 is 0 Å². The Balaban J connectivity index is 1.39. The molecule has 2 N–H and O–H groups in total. The van der Waals surface area contributed by atoms with Crippen LogP contribution in [0.25, 0.3) is 0 Å². The van der Waals surface area contributed by atoms with Crippen molar-refractivity contribution in [1.82, 2.24) is 15.1 Å². The lowest BCUT2D eigenvalue weighted by Crippen LogP contribution is -2.54.